The zero-order valence-electron chi connectivity index (χ0n) is 11.9. The Morgan fingerprint density at radius 3 is 2.81 bits per heavy atom. The summed E-state index contributed by atoms with van der Waals surface area (Å²) in [5, 5.41) is 12.1. The van der Waals surface area contributed by atoms with Crippen molar-refractivity contribution in [1.82, 2.24) is 25.0 Å². The third-order valence-electron chi connectivity index (χ3n) is 2.87. The Bertz CT molecular complexity index is 734. The smallest absolute Gasteiger partial charge is 0.253 e. The van der Waals surface area contributed by atoms with Crippen molar-refractivity contribution in [3.05, 3.63) is 42.4 Å². The molecule has 0 N–H and O–H groups in total. The van der Waals surface area contributed by atoms with Crippen molar-refractivity contribution in [3.8, 4) is 17.1 Å². The second-order valence-corrected chi connectivity index (χ2v) is 4.50. The Labute approximate surface area is 121 Å². The highest BCUT2D eigenvalue weighted by atomic mass is 16.5. The Kier molecular flexibility index (Phi) is 3.63. The molecule has 1 aromatic carbocycles. The van der Waals surface area contributed by atoms with Gasteiger partial charge >= 0.3 is 0 Å². The summed E-state index contributed by atoms with van der Waals surface area (Å²) in [5.41, 5.74) is 0.896. The lowest BCUT2D eigenvalue weighted by molar-refractivity contribution is 0.259. The fourth-order valence-electron chi connectivity index (χ4n) is 1.83. The number of aromatic nitrogens is 5. The second-order valence-electron chi connectivity index (χ2n) is 4.50. The third-order valence-corrected chi connectivity index (χ3v) is 2.87. The van der Waals surface area contributed by atoms with Gasteiger partial charge in [0.25, 0.3) is 5.89 Å². The van der Waals surface area contributed by atoms with Crippen LogP contribution in [-0.4, -0.2) is 25.0 Å². The fourth-order valence-corrected chi connectivity index (χ4v) is 1.83. The monoisotopic (exact) mass is 285 g/mol. The molecule has 0 unspecified atom stereocenters. The minimum atomic E-state index is 0.242. The van der Waals surface area contributed by atoms with E-state index >= 15 is 0 Å². The number of rotatable bonds is 5. The molecular weight excluding hydrogens is 270 g/mol. The molecule has 7 nitrogen and oxygen atoms in total. The number of nitrogens with zero attached hydrogens (tertiary/aromatic N) is 5. The van der Waals surface area contributed by atoms with E-state index in [1.165, 1.54) is 0 Å². The molecule has 0 spiro atoms. The lowest BCUT2D eigenvalue weighted by Gasteiger charge is -2.04. The van der Waals surface area contributed by atoms with Crippen molar-refractivity contribution in [2.45, 2.75) is 20.0 Å². The van der Waals surface area contributed by atoms with Crippen LogP contribution in [0.2, 0.25) is 0 Å². The van der Waals surface area contributed by atoms with Crippen LogP contribution in [0, 0.1) is 0 Å². The first kappa shape index (κ1) is 13.3. The van der Waals surface area contributed by atoms with Crippen molar-refractivity contribution >= 4 is 0 Å². The lowest BCUT2D eigenvalue weighted by Crippen LogP contribution is -1.96. The summed E-state index contributed by atoms with van der Waals surface area (Å²) in [6, 6.07) is 7.58. The van der Waals surface area contributed by atoms with Crippen LogP contribution in [0.25, 0.3) is 11.4 Å². The second kappa shape index (κ2) is 5.74. The predicted octanol–water partition coefficient (Wildman–Crippen LogP) is 2.01. The molecule has 0 amide bonds. The molecule has 0 saturated carbocycles. The maximum absolute atomic E-state index is 5.66. The molecule has 108 valence electrons. The molecule has 3 rings (SSSR count). The topological polar surface area (TPSA) is 78.9 Å². The van der Waals surface area contributed by atoms with Crippen molar-refractivity contribution in [1.29, 1.82) is 0 Å². The van der Waals surface area contributed by atoms with Gasteiger partial charge in [0.15, 0.2) is 12.4 Å². The zero-order chi connectivity index (χ0) is 14.7. The Morgan fingerprint density at radius 1 is 1.24 bits per heavy atom. The van der Waals surface area contributed by atoms with Gasteiger partial charge in [-0.25, -0.2) is 4.98 Å². The lowest BCUT2D eigenvalue weighted by atomic mass is 10.2. The number of hydrogen-bond acceptors (Lipinski definition) is 6. The highest BCUT2D eigenvalue weighted by Crippen LogP contribution is 2.21. The largest absolute Gasteiger partial charge is 0.484 e. The van der Waals surface area contributed by atoms with E-state index in [-0.39, 0.29) is 6.61 Å². The van der Waals surface area contributed by atoms with Crippen LogP contribution in [0.15, 0.2) is 35.0 Å². The van der Waals surface area contributed by atoms with E-state index in [2.05, 4.69) is 20.3 Å². The van der Waals surface area contributed by atoms with Crippen molar-refractivity contribution in [3.63, 3.8) is 0 Å². The van der Waals surface area contributed by atoms with Gasteiger partial charge in [-0.3, -0.25) is 4.68 Å². The third kappa shape index (κ3) is 3.07. The minimum absolute atomic E-state index is 0.242. The maximum Gasteiger partial charge on any atom is 0.253 e. The number of aryl methyl sites for hydroxylation is 2. The van der Waals surface area contributed by atoms with Gasteiger partial charge < -0.3 is 9.15 Å². The first-order chi connectivity index (χ1) is 10.2. The van der Waals surface area contributed by atoms with Crippen LogP contribution in [-0.2, 0) is 20.1 Å². The quantitative estimate of drug-likeness (QED) is 0.713. The summed E-state index contributed by atoms with van der Waals surface area (Å²) in [4.78, 5) is 4.22. The van der Waals surface area contributed by atoms with Crippen LogP contribution in [0.4, 0.5) is 0 Å². The Hall–Kier alpha value is -2.70. The van der Waals surface area contributed by atoms with E-state index in [0.29, 0.717) is 29.8 Å². The minimum Gasteiger partial charge on any atom is -0.484 e. The first-order valence-electron chi connectivity index (χ1n) is 6.64. The summed E-state index contributed by atoms with van der Waals surface area (Å²) in [6.07, 6.45) is 2.38. The number of benzene rings is 1. The summed E-state index contributed by atoms with van der Waals surface area (Å²) in [6.45, 7) is 2.20. The van der Waals surface area contributed by atoms with E-state index in [1.54, 1.807) is 11.0 Å². The number of hydrogen-bond donors (Lipinski definition) is 0. The average Bonchev–Trinajstić information content (AvgIpc) is 3.14. The highest BCUT2D eigenvalue weighted by Gasteiger charge is 2.07. The molecule has 3 aromatic rings. The van der Waals surface area contributed by atoms with E-state index < -0.39 is 0 Å². The van der Waals surface area contributed by atoms with Gasteiger partial charge in [-0.1, -0.05) is 19.1 Å². The molecular formula is C14H15N5O2. The molecule has 0 aliphatic heterocycles. The molecule has 0 aliphatic rings. The van der Waals surface area contributed by atoms with Crippen molar-refractivity contribution in [2.75, 3.05) is 0 Å². The zero-order valence-corrected chi connectivity index (χ0v) is 11.9. The van der Waals surface area contributed by atoms with E-state index in [9.17, 15) is 0 Å². The van der Waals surface area contributed by atoms with E-state index in [0.717, 1.165) is 5.56 Å². The van der Waals surface area contributed by atoms with Gasteiger partial charge in [-0.05, 0) is 12.1 Å². The fraction of sp³-hybridized carbons (Fsp3) is 0.286. The summed E-state index contributed by atoms with van der Waals surface area (Å²) < 4.78 is 12.7. The van der Waals surface area contributed by atoms with Gasteiger partial charge in [0.05, 0.1) is 0 Å². The molecule has 0 fully saturated rings. The van der Waals surface area contributed by atoms with E-state index in [1.807, 2.05) is 38.2 Å². The van der Waals surface area contributed by atoms with Crippen molar-refractivity contribution < 1.29 is 9.15 Å². The van der Waals surface area contributed by atoms with Crippen LogP contribution in [0.3, 0.4) is 0 Å². The first-order valence-corrected chi connectivity index (χ1v) is 6.64. The molecule has 7 heteroatoms. The van der Waals surface area contributed by atoms with Crippen LogP contribution in [0.1, 0.15) is 18.7 Å². The molecule has 0 bridgehead atoms. The van der Waals surface area contributed by atoms with Gasteiger partial charge in [-0.2, -0.15) is 5.10 Å². The van der Waals surface area contributed by atoms with Gasteiger partial charge in [0, 0.05) is 19.0 Å². The normalized spacial score (nSPS) is 10.8. The molecule has 21 heavy (non-hydrogen) atoms. The van der Waals surface area contributed by atoms with Crippen LogP contribution < -0.4 is 4.74 Å². The van der Waals surface area contributed by atoms with Gasteiger partial charge in [0.2, 0.25) is 5.89 Å². The number of ether oxygens (including phenoxy) is 1. The molecule has 0 aliphatic carbocycles. The average molecular weight is 285 g/mol. The Morgan fingerprint density at radius 2 is 2.10 bits per heavy atom. The van der Waals surface area contributed by atoms with Crippen molar-refractivity contribution in [2.24, 2.45) is 7.05 Å². The maximum atomic E-state index is 5.66. The Balaban J connectivity index is 1.71. The molecule has 0 saturated heterocycles. The summed E-state index contributed by atoms with van der Waals surface area (Å²) in [7, 11) is 1.83. The van der Waals surface area contributed by atoms with Crippen LogP contribution >= 0.6 is 0 Å². The SMILES string of the molecule is CCc1nnc(COc2cccc(-c3ncn(C)n3)c2)o1. The molecule has 0 radical (unpaired) electrons. The predicted molar refractivity (Wildman–Crippen MR) is 74.4 cm³/mol. The van der Waals surface area contributed by atoms with Gasteiger partial charge in [-0.15, -0.1) is 10.2 Å². The van der Waals surface area contributed by atoms with Gasteiger partial charge in [0.1, 0.15) is 12.1 Å². The standard InChI is InChI=1S/C14H15N5O2/c1-3-12-16-17-13(21-12)8-20-11-6-4-5-10(7-11)14-15-9-19(2)18-14/h4-7,9H,3,8H2,1-2H3. The summed E-state index contributed by atoms with van der Waals surface area (Å²) >= 11 is 0. The molecule has 2 heterocycles. The molecule has 2 aromatic heterocycles. The summed E-state index contributed by atoms with van der Waals surface area (Å²) in [5.74, 6) is 2.44. The van der Waals surface area contributed by atoms with E-state index in [4.69, 9.17) is 9.15 Å². The molecule has 0 atom stereocenters. The van der Waals surface area contributed by atoms with Crippen LogP contribution in [0.5, 0.6) is 5.75 Å². The highest BCUT2D eigenvalue weighted by molar-refractivity contribution is 5.56.